The maximum Gasteiger partial charge on any atom is 0.335 e. The number of carbonyl (C=O) groups excluding carboxylic acids is 1. The third-order valence-electron chi connectivity index (χ3n) is 4.64. The number of carboxylic acids is 1. The van der Waals surface area contributed by atoms with Crippen molar-refractivity contribution in [1.29, 1.82) is 0 Å². The van der Waals surface area contributed by atoms with E-state index in [0.29, 0.717) is 5.65 Å². The molecular weight excluding hydrogens is 318 g/mol. The van der Waals surface area contributed by atoms with Crippen molar-refractivity contribution in [1.82, 2.24) is 9.38 Å². The van der Waals surface area contributed by atoms with Crippen molar-refractivity contribution in [2.45, 2.75) is 26.3 Å². The summed E-state index contributed by atoms with van der Waals surface area (Å²) >= 11 is 0. The summed E-state index contributed by atoms with van der Waals surface area (Å²) in [5.41, 5.74) is 4.62. The number of benzene rings is 1. The number of anilines is 1. The lowest BCUT2D eigenvalue weighted by atomic mass is 10.1. The van der Waals surface area contributed by atoms with Crippen LogP contribution in [0.2, 0.25) is 0 Å². The van der Waals surface area contributed by atoms with Crippen molar-refractivity contribution in [2.24, 2.45) is 0 Å². The van der Waals surface area contributed by atoms with E-state index in [4.69, 9.17) is 5.11 Å². The summed E-state index contributed by atoms with van der Waals surface area (Å²) in [4.78, 5) is 29.3. The Morgan fingerprint density at radius 3 is 2.76 bits per heavy atom. The molecule has 4 rings (SSSR count). The smallest absolute Gasteiger partial charge is 0.335 e. The van der Waals surface area contributed by atoms with Gasteiger partial charge in [-0.2, -0.15) is 0 Å². The molecule has 6 heteroatoms. The number of carbonyl (C=O) groups is 2. The minimum absolute atomic E-state index is 0.0490. The number of fused-ring (bicyclic) bond motifs is 2. The van der Waals surface area contributed by atoms with Gasteiger partial charge < -0.3 is 14.4 Å². The molecule has 1 amide bonds. The number of amides is 1. The highest BCUT2D eigenvalue weighted by atomic mass is 16.4. The van der Waals surface area contributed by atoms with Gasteiger partial charge in [0.1, 0.15) is 5.65 Å². The number of pyridine rings is 1. The summed E-state index contributed by atoms with van der Waals surface area (Å²) in [6.07, 6.45) is 4.39. The fourth-order valence-corrected chi connectivity index (χ4v) is 3.52. The Morgan fingerprint density at radius 1 is 1.24 bits per heavy atom. The van der Waals surface area contributed by atoms with Crippen LogP contribution >= 0.6 is 0 Å². The first-order valence-corrected chi connectivity index (χ1v) is 8.09. The monoisotopic (exact) mass is 335 g/mol. The number of hydrogen-bond acceptors (Lipinski definition) is 3. The first-order valence-electron chi connectivity index (χ1n) is 8.09. The van der Waals surface area contributed by atoms with Crippen molar-refractivity contribution < 1.29 is 14.7 Å². The standard InChI is InChI=1S/C19H17N3O3/c1-11-7-15-8-13(3-4-17(15)22(11)12(2)23)16-10-21-6-5-14(19(24)25)9-18(21)20-16/h3-6,8-11H,7H2,1-2H3,(H,24,25). The van der Waals surface area contributed by atoms with E-state index in [1.165, 1.54) is 0 Å². The Hall–Kier alpha value is -3.15. The number of rotatable bonds is 2. The maximum absolute atomic E-state index is 11.8. The molecule has 0 aliphatic carbocycles. The molecule has 2 aromatic heterocycles. The molecule has 1 aliphatic rings. The molecule has 6 nitrogen and oxygen atoms in total. The molecule has 3 heterocycles. The van der Waals surface area contributed by atoms with Crippen molar-refractivity contribution in [3.05, 3.63) is 53.9 Å². The predicted octanol–water partition coefficient (Wildman–Crippen LogP) is 3.00. The lowest BCUT2D eigenvalue weighted by molar-refractivity contribution is -0.116. The Morgan fingerprint density at radius 2 is 2.04 bits per heavy atom. The van der Waals surface area contributed by atoms with Crippen molar-refractivity contribution in [3.8, 4) is 11.3 Å². The molecule has 1 N–H and O–H groups in total. The summed E-state index contributed by atoms with van der Waals surface area (Å²) in [5, 5.41) is 9.10. The summed E-state index contributed by atoms with van der Waals surface area (Å²) < 4.78 is 1.81. The van der Waals surface area contributed by atoms with Gasteiger partial charge in [0, 0.05) is 36.6 Å². The molecule has 0 saturated heterocycles. The average Bonchev–Trinajstić information content (AvgIpc) is 3.12. The quantitative estimate of drug-likeness (QED) is 0.781. The second-order valence-electron chi connectivity index (χ2n) is 6.40. The summed E-state index contributed by atoms with van der Waals surface area (Å²) in [6.45, 7) is 3.63. The molecule has 1 atom stereocenters. The fraction of sp³-hybridized carbons (Fsp3) is 0.211. The minimum atomic E-state index is -0.970. The van der Waals surface area contributed by atoms with Crippen LogP contribution in [0.15, 0.2) is 42.7 Å². The highest BCUT2D eigenvalue weighted by Gasteiger charge is 2.29. The van der Waals surface area contributed by atoms with Gasteiger partial charge in [0.25, 0.3) is 0 Å². The number of carboxylic acid groups (broad SMARTS) is 1. The zero-order chi connectivity index (χ0) is 17.7. The van der Waals surface area contributed by atoms with E-state index in [0.717, 1.165) is 28.9 Å². The minimum Gasteiger partial charge on any atom is -0.478 e. The summed E-state index contributed by atoms with van der Waals surface area (Å²) in [5.74, 6) is -0.921. The van der Waals surface area contributed by atoms with Gasteiger partial charge in [-0.15, -0.1) is 0 Å². The van der Waals surface area contributed by atoms with Crippen molar-refractivity contribution >= 4 is 23.2 Å². The number of imidazole rings is 1. The molecule has 25 heavy (non-hydrogen) atoms. The third-order valence-corrected chi connectivity index (χ3v) is 4.64. The normalized spacial score (nSPS) is 16.2. The van der Waals surface area contributed by atoms with Crippen LogP contribution in [-0.2, 0) is 11.2 Å². The van der Waals surface area contributed by atoms with E-state index in [-0.39, 0.29) is 17.5 Å². The van der Waals surface area contributed by atoms with Gasteiger partial charge in [0.15, 0.2) is 0 Å². The molecule has 1 unspecified atom stereocenters. The highest BCUT2D eigenvalue weighted by molar-refractivity contribution is 5.95. The molecule has 0 spiro atoms. The van der Waals surface area contributed by atoms with Crippen LogP contribution in [0, 0.1) is 0 Å². The number of nitrogens with zero attached hydrogens (tertiary/aromatic N) is 3. The van der Waals surface area contributed by atoms with E-state index in [1.54, 1.807) is 29.7 Å². The Labute approximate surface area is 144 Å². The van der Waals surface area contributed by atoms with Gasteiger partial charge >= 0.3 is 5.97 Å². The lowest BCUT2D eigenvalue weighted by Crippen LogP contribution is -2.33. The molecule has 1 aromatic carbocycles. The van der Waals surface area contributed by atoms with Crippen LogP contribution in [0.4, 0.5) is 5.69 Å². The molecule has 3 aromatic rings. The SMILES string of the molecule is CC(=O)N1c2ccc(-c3cn4ccc(C(=O)O)cc4n3)cc2CC1C. The third kappa shape index (κ3) is 2.46. The molecule has 1 aliphatic heterocycles. The zero-order valence-corrected chi connectivity index (χ0v) is 13.9. The second-order valence-corrected chi connectivity index (χ2v) is 6.40. The molecule has 0 bridgehead atoms. The summed E-state index contributed by atoms with van der Waals surface area (Å²) in [7, 11) is 0. The van der Waals surface area contributed by atoms with Gasteiger partial charge in [0.2, 0.25) is 5.91 Å². The van der Waals surface area contributed by atoms with Crippen molar-refractivity contribution in [2.75, 3.05) is 4.90 Å². The number of hydrogen-bond donors (Lipinski definition) is 1. The van der Waals surface area contributed by atoms with Gasteiger partial charge in [-0.25, -0.2) is 9.78 Å². The van der Waals surface area contributed by atoms with Crippen molar-refractivity contribution in [3.63, 3.8) is 0 Å². The number of aromatic carboxylic acids is 1. The fourth-order valence-electron chi connectivity index (χ4n) is 3.52. The van der Waals surface area contributed by atoms with Crippen LogP contribution in [0.25, 0.3) is 16.9 Å². The zero-order valence-electron chi connectivity index (χ0n) is 13.9. The maximum atomic E-state index is 11.8. The van der Waals surface area contributed by atoms with E-state index in [9.17, 15) is 9.59 Å². The van der Waals surface area contributed by atoms with Crippen LogP contribution in [0.5, 0.6) is 0 Å². The Balaban J connectivity index is 1.76. The Kier molecular flexibility index (Phi) is 3.35. The average molecular weight is 335 g/mol. The highest BCUT2D eigenvalue weighted by Crippen LogP contribution is 2.35. The molecule has 0 saturated carbocycles. The van der Waals surface area contributed by atoms with Gasteiger partial charge in [0.05, 0.1) is 11.3 Å². The topological polar surface area (TPSA) is 74.9 Å². The molecule has 0 radical (unpaired) electrons. The van der Waals surface area contributed by atoms with Gasteiger partial charge in [-0.05, 0) is 43.2 Å². The Bertz CT molecular complexity index is 1020. The predicted molar refractivity (Wildman–Crippen MR) is 93.9 cm³/mol. The second kappa shape index (κ2) is 5.44. The van der Waals surface area contributed by atoms with Gasteiger partial charge in [-0.1, -0.05) is 6.07 Å². The van der Waals surface area contributed by atoms with Crippen LogP contribution < -0.4 is 4.90 Å². The first-order chi connectivity index (χ1) is 11.9. The van der Waals surface area contributed by atoms with E-state index in [2.05, 4.69) is 11.1 Å². The van der Waals surface area contributed by atoms with E-state index >= 15 is 0 Å². The first kappa shape index (κ1) is 15.4. The largest absolute Gasteiger partial charge is 0.478 e. The summed E-state index contributed by atoms with van der Waals surface area (Å²) in [6, 6.07) is 9.24. The van der Waals surface area contributed by atoms with Gasteiger partial charge in [-0.3, -0.25) is 4.79 Å². The number of aromatic nitrogens is 2. The molecule has 0 fully saturated rings. The van der Waals surface area contributed by atoms with Crippen LogP contribution in [0.1, 0.15) is 29.8 Å². The molecular formula is C19H17N3O3. The molecule has 126 valence electrons. The van der Waals surface area contributed by atoms with E-state index in [1.807, 2.05) is 30.2 Å². The van der Waals surface area contributed by atoms with Crippen LogP contribution in [0.3, 0.4) is 0 Å². The van der Waals surface area contributed by atoms with Crippen LogP contribution in [-0.4, -0.2) is 32.4 Å². The lowest BCUT2D eigenvalue weighted by Gasteiger charge is -2.20. The van der Waals surface area contributed by atoms with E-state index < -0.39 is 5.97 Å².